The summed E-state index contributed by atoms with van der Waals surface area (Å²) in [7, 11) is 0. The predicted octanol–water partition coefficient (Wildman–Crippen LogP) is 2.49. The van der Waals surface area contributed by atoms with Crippen LogP contribution >= 0.6 is 0 Å². The van der Waals surface area contributed by atoms with E-state index in [0.717, 1.165) is 11.0 Å². The third-order valence-corrected chi connectivity index (χ3v) is 3.94. The molecule has 0 bridgehead atoms. The summed E-state index contributed by atoms with van der Waals surface area (Å²) in [6.45, 7) is 2.13. The van der Waals surface area contributed by atoms with Crippen LogP contribution in [0, 0.1) is 5.92 Å². The van der Waals surface area contributed by atoms with Gasteiger partial charge in [-0.15, -0.1) is 5.10 Å². The van der Waals surface area contributed by atoms with E-state index >= 15 is 0 Å². The average molecular weight is 245 g/mol. The lowest BCUT2D eigenvalue weighted by Crippen LogP contribution is -2.23. The second-order valence-corrected chi connectivity index (χ2v) is 4.97. The molecule has 1 fully saturated rings. The van der Waals surface area contributed by atoms with Crippen molar-refractivity contribution in [2.45, 2.75) is 32.2 Å². The quantitative estimate of drug-likeness (QED) is 0.902. The Morgan fingerprint density at radius 3 is 2.89 bits per heavy atom. The highest BCUT2D eigenvalue weighted by molar-refractivity contribution is 5.92. The van der Waals surface area contributed by atoms with Gasteiger partial charge >= 0.3 is 5.97 Å². The summed E-state index contributed by atoms with van der Waals surface area (Å²) < 4.78 is 1.87. The van der Waals surface area contributed by atoms with E-state index in [4.69, 9.17) is 5.11 Å². The summed E-state index contributed by atoms with van der Waals surface area (Å²) in [4.78, 5) is 11.0. The Kier molecular flexibility index (Phi) is 2.54. The number of carboxylic acid groups (broad SMARTS) is 1. The lowest BCUT2D eigenvalue weighted by molar-refractivity contribution is 0.0697. The van der Waals surface area contributed by atoms with Crippen molar-refractivity contribution in [1.82, 2.24) is 15.0 Å². The monoisotopic (exact) mass is 245 g/mol. The topological polar surface area (TPSA) is 68.0 Å². The summed E-state index contributed by atoms with van der Waals surface area (Å²) in [5, 5.41) is 17.3. The SMILES string of the molecule is CC(C1CCC1)n1nnc2ccc(C(=O)O)cc21. The normalized spacial score (nSPS) is 17.6. The van der Waals surface area contributed by atoms with E-state index in [2.05, 4.69) is 17.2 Å². The lowest BCUT2D eigenvalue weighted by atomic mass is 9.80. The molecular weight excluding hydrogens is 230 g/mol. The molecular formula is C13H15N3O2. The Labute approximate surface area is 104 Å². The smallest absolute Gasteiger partial charge is 0.335 e. The fourth-order valence-corrected chi connectivity index (χ4v) is 2.49. The van der Waals surface area contributed by atoms with E-state index < -0.39 is 5.97 Å². The van der Waals surface area contributed by atoms with E-state index in [-0.39, 0.29) is 11.6 Å². The van der Waals surface area contributed by atoms with Crippen LogP contribution in [0.15, 0.2) is 18.2 Å². The van der Waals surface area contributed by atoms with Crippen molar-refractivity contribution in [3.8, 4) is 0 Å². The highest BCUT2D eigenvalue weighted by Gasteiger charge is 2.27. The zero-order valence-corrected chi connectivity index (χ0v) is 10.2. The van der Waals surface area contributed by atoms with Crippen LogP contribution < -0.4 is 0 Å². The van der Waals surface area contributed by atoms with Gasteiger partial charge in [0.15, 0.2) is 0 Å². The van der Waals surface area contributed by atoms with Gasteiger partial charge < -0.3 is 5.11 Å². The van der Waals surface area contributed by atoms with Gasteiger partial charge in [0.1, 0.15) is 5.52 Å². The van der Waals surface area contributed by atoms with Gasteiger partial charge in [0, 0.05) is 0 Å². The maximum Gasteiger partial charge on any atom is 0.335 e. The predicted molar refractivity (Wildman–Crippen MR) is 66.5 cm³/mol. The molecule has 2 aromatic rings. The molecule has 1 aromatic heterocycles. The minimum atomic E-state index is -0.916. The first-order chi connectivity index (χ1) is 8.66. The molecule has 5 heteroatoms. The molecule has 18 heavy (non-hydrogen) atoms. The van der Waals surface area contributed by atoms with E-state index in [0.29, 0.717) is 5.92 Å². The number of fused-ring (bicyclic) bond motifs is 1. The highest BCUT2D eigenvalue weighted by Crippen LogP contribution is 2.36. The molecule has 1 heterocycles. The number of benzene rings is 1. The van der Waals surface area contributed by atoms with Crippen molar-refractivity contribution in [1.29, 1.82) is 0 Å². The van der Waals surface area contributed by atoms with Gasteiger partial charge in [-0.25, -0.2) is 9.48 Å². The minimum absolute atomic E-state index is 0.284. The van der Waals surface area contributed by atoms with E-state index in [1.165, 1.54) is 19.3 Å². The summed E-state index contributed by atoms with van der Waals surface area (Å²) in [6, 6.07) is 5.23. The molecule has 1 aliphatic carbocycles. The first-order valence-corrected chi connectivity index (χ1v) is 6.25. The van der Waals surface area contributed by atoms with Crippen LogP contribution in [-0.4, -0.2) is 26.1 Å². The summed E-state index contributed by atoms with van der Waals surface area (Å²) in [5.41, 5.74) is 1.85. The van der Waals surface area contributed by atoms with Crippen molar-refractivity contribution in [2.75, 3.05) is 0 Å². The van der Waals surface area contributed by atoms with Gasteiger partial charge in [-0.2, -0.15) is 0 Å². The minimum Gasteiger partial charge on any atom is -0.478 e. The zero-order valence-electron chi connectivity index (χ0n) is 10.2. The summed E-state index contributed by atoms with van der Waals surface area (Å²) in [5.74, 6) is -0.274. The largest absolute Gasteiger partial charge is 0.478 e. The fraction of sp³-hybridized carbons (Fsp3) is 0.462. The van der Waals surface area contributed by atoms with Crippen LogP contribution in [0.4, 0.5) is 0 Å². The molecule has 1 aromatic carbocycles. The van der Waals surface area contributed by atoms with Crippen LogP contribution in [0.2, 0.25) is 0 Å². The molecule has 3 rings (SSSR count). The zero-order chi connectivity index (χ0) is 12.7. The Morgan fingerprint density at radius 1 is 1.50 bits per heavy atom. The van der Waals surface area contributed by atoms with Gasteiger partial charge in [0.25, 0.3) is 0 Å². The fourth-order valence-electron chi connectivity index (χ4n) is 2.49. The van der Waals surface area contributed by atoms with Crippen LogP contribution in [0.25, 0.3) is 11.0 Å². The number of carbonyl (C=O) groups is 1. The molecule has 0 amide bonds. The molecule has 1 unspecified atom stereocenters. The molecule has 0 aliphatic heterocycles. The summed E-state index contributed by atoms with van der Waals surface area (Å²) >= 11 is 0. The van der Waals surface area contributed by atoms with Crippen molar-refractivity contribution in [3.63, 3.8) is 0 Å². The molecule has 0 spiro atoms. The second kappa shape index (κ2) is 4.08. The number of aromatic nitrogens is 3. The first kappa shape index (κ1) is 11.2. The standard InChI is InChI=1S/C13H15N3O2/c1-8(9-3-2-4-9)16-12-7-10(13(17)18)5-6-11(12)14-15-16/h5-9H,2-4H2,1H3,(H,17,18). The van der Waals surface area contributed by atoms with Gasteiger partial charge in [-0.1, -0.05) is 11.6 Å². The average Bonchev–Trinajstić information content (AvgIpc) is 2.68. The van der Waals surface area contributed by atoms with Gasteiger partial charge in [0.2, 0.25) is 0 Å². The number of hydrogen-bond donors (Lipinski definition) is 1. The van der Waals surface area contributed by atoms with E-state index in [1.54, 1.807) is 18.2 Å². The highest BCUT2D eigenvalue weighted by atomic mass is 16.4. The molecule has 1 saturated carbocycles. The number of aromatic carboxylic acids is 1. The van der Waals surface area contributed by atoms with Crippen LogP contribution in [0.5, 0.6) is 0 Å². The van der Waals surface area contributed by atoms with Crippen LogP contribution in [0.3, 0.4) is 0 Å². The van der Waals surface area contributed by atoms with E-state index in [1.807, 2.05) is 4.68 Å². The maximum atomic E-state index is 11.0. The maximum absolute atomic E-state index is 11.0. The van der Waals surface area contributed by atoms with Gasteiger partial charge in [-0.3, -0.25) is 0 Å². The Balaban J connectivity index is 2.05. The number of nitrogens with zero attached hydrogens (tertiary/aromatic N) is 3. The summed E-state index contributed by atoms with van der Waals surface area (Å²) in [6.07, 6.45) is 3.73. The van der Waals surface area contributed by atoms with Crippen molar-refractivity contribution < 1.29 is 9.90 Å². The van der Waals surface area contributed by atoms with Crippen LogP contribution in [0.1, 0.15) is 42.6 Å². The number of carboxylic acids is 1. The first-order valence-electron chi connectivity index (χ1n) is 6.25. The third kappa shape index (κ3) is 1.66. The van der Waals surface area contributed by atoms with Gasteiger partial charge in [0.05, 0.1) is 17.1 Å². The van der Waals surface area contributed by atoms with Crippen molar-refractivity contribution in [3.05, 3.63) is 23.8 Å². The Morgan fingerprint density at radius 2 is 2.28 bits per heavy atom. The molecule has 94 valence electrons. The molecule has 0 radical (unpaired) electrons. The molecule has 1 aliphatic rings. The Hall–Kier alpha value is -1.91. The number of rotatable bonds is 3. The van der Waals surface area contributed by atoms with Crippen molar-refractivity contribution >= 4 is 17.0 Å². The molecule has 0 saturated heterocycles. The molecule has 1 N–H and O–H groups in total. The molecule has 1 atom stereocenters. The lowest BCUT2D eigenvalue weighted by Gasteiger charge is -2.31. The van der Waals surface area contributed by atoms with Crippen molar-refractivity contribution in [2.24, 2.45) is 5.92 Å². The second-order valence-electron chi connectivity index (χ2n) is 4.97. The van der Waals surface area contributed by atoms with Gasteiger partial charge in [-0.05, 0) is 43.9 Å². The van der Waals surface area contributed by atoms with E-state index in [9.17, 15) is 4.79 Å². The number of hydrogen-bond acceptors (Lipinski definition) is 3. The van der Waals surface area contributed by atoms with Crippen LogP contribution in [-0.2, 0) is 0 Å². The third-order valence-electron chi connectivity index (χ3n) is 3.94. The molecule has 5 nitrogen and oxygen atoms in total. The Bertz CT molecular complexity index is 601.